The van der Waals surface area contributed by atoms with Crippen LogP contribution in [-0.4, -0.2) is 29.4 Å². The highest BCUT2D eigenvalue weighted by Crippen LogP contribution is 2.32. The standard InChI is InChI=1S/C18H23NO2/c1-18(2,3)21-15-6-4-13(5-7-15)12-16-17(20)14-8-10-19(16)11-9-14/h4-7,12,14H,8-11H2,1-3H3. The van der Waals surface area contributed by atoms with Crippen LogP contribution in [0.3, 0.4) is 0 Å². The molecule has 0 aromatic heterocycles. The third-order valence-corrected chi connectivity index (χ3v) is 4.07. The summed E-state index contributed by atoms with van der Waals surface area (Å²) in [6.07, 6.45) is 4.07. The third-order valence-electron chi connectivity index (χ3n) is 4.07. The molecule has 1 aromatic carbocycles. The number of allylic oxidation sites excluding steroid dienone is 1. The summed E-state index contributed by atoms with van der Waals surface area (Å²) in [5.74, 6) is 1.44. The van der Waals surface area contributed by atoms with Crippen molar-refractivity contribution < 1.29 is 9.53 Å². The van der Waals surface area contributed by atoms with E-state index in [2.05, 4.69) is 4.90 Å². The number of carbonyl (C=O) groups excluding carboxylic acids is 1. The van der Waals surface area contributed by atoms with Crippen LogP contribution in [0, 0.1) is 5.92 Å². The first-order valence-electron chi connectivity index (χ1n) is 7.72. The number of nitrogens with zero attached hydrogens (tertiary/aromatic N) is 1. The van der Waals surface area contributed by atoms with Crippen molar-refractivity contribution in [1.82, 2.24) is 4.90 Å². The fraction of sp³-hybridized carbons (Fsp3) is 0.500. The molecule has 0 N–H and O–H groups in total. The van der Waals surface area contributed by atoms with E-state index in [1.54, 1.807) is 0 Å². The van der Waals surface area contributed by atoms with Crippen molar-refractivity contribution in [2.24, 2.45) is 5.92 Å². The lowest BCUT2D eigenvalue weighted by molar-refractivity contribution is -0.125. The average molecular weight is 285 g/mol. The minimum absolute atomic E-state index is 0.190. The van der Waals surface area contributed by atoms with Crippen LogP contribution in [0.1, 0.15) is 39.2 Å². The van der Waals surface area contributed by atoms with Crippen molar-refractivity contribution in [3.8, 4) is 5.75 Å². The Morgan fingerprint density at radius 2 is 1.76 bits per heavy atom. The van der Waals surface area contributed by atoms with Crippen LogP contribution in [0.15, 0.2) is 30.0 Å². The summed E-state index contributed by atoms with van der Waals surface area (Å²) in [6, 6.07) is 7.98. The fourth-order valence-electron chi connectivity index (χ4n) is 3.05. The number of Topliss-reactive ketones (excluding diaryl/α,β-unsaturated/α-hetero) is 1. The van der Waals surface area contributed by atoms with Gasteiger partial charge in [-0.2, -0.15) is 0 Å². The lowest BCUT2D eigenvalue weighted by Gasteiger charge is -2.41. The largest absolute Gasteiger partial charge is 0.488 e. The Kier molecular flexibility index (Phi) is 3.52. The van der Waals surface area contributed by atoms with Crippen molar-refractivity contribution in [2.45, 2.75) is 39.2 Å². The number of carbonyl (C=O) groups is 1. The Morgan fingerprint density at radius 3 is 2.29 bits per heavy atom. The Balaban J connectivity index is 1.78. The van der Waals surface area contributed by atoms with Gasteiger partial charge in [-0.1, -0.05) is 12.1 Å². The molecule has 3 heterocycles. The van der Waals surface area contributed by atoms with Crippen LogP contribution in [0.2, 0.25) is 0 Å². The third kappa shape index (κ3) is 3.12. The van der Waals surface area contributed by atoms with Gasteiger partial charge >= 0.3 is 0 Å². The highest BCUT2D eigenvalue weighted by Gasteiger charge is 2.36. The lowest BCUT2D eigenvalue weighted by Crippen LogP contribution is -2.45. The van der Waals surface area contributed by atoms with Gasteiger partial charge in [0.1, 0.15) is 11.4 Å². The van der Waals surface area contributed by atoms with Crippen LogP contribution in [0.5, 0.6) is 5.75 Å². The zero-order valence-electron chi connectivity index (χ0n) is 13.1. The van der Waals surface area contributed by atoms with Crippen molar-refractivity contribution in [1.29, 1.82) is 0 Å². The molecular formula is C18H23NO2. The van der Waals surface area contributed by atoms with Gasteiger partial charge in [0.15, 0.2) is 5.78 Å². The predicted molar refractivity (Wildman–Crippen MR) is 84.1 cm³/mol. The van der Waals surface area contributed by atoms with Gasteiger partial charge in [-0.05, 0) is 57.4 Å². The number of rotatable bonds is 2. The van der Waals surface area contributed by atoms with Crippen LogP contribution >= 0.6 is 0 Å². The smallest absolute Gasteiger partial charge is 0.182 e. The maximum atomic E-state index is 12.3. The molecule has 4 rings (SSSR count). The quantitative estimate of drug-likeness (QED) is 0.779. The summed E-state index contributed by atoms with van der Waals surface area (Å²) in [6.45, 7) is 8.15. The zero-order chi connectivity index (χ0) is 15.0. The van der Waals surface area contributed by atoms with Gasteiger partial charge in [-0.25, -0.2) is 0 Å². The molecule has 0 aliphatic carbocycles. The van der Waals surface area contributed by atoms with Gasteiger partial charge in [0.05, 0.1) is 5.70 Å². The van der Waals surface area contributed by atoms with Crippen LogP contribution in [-0.2, 0) is 4.79 Å². The zero-order valence-corrected chi connectivity index (χ0v) is 13.1. The summed E-state index contributed by atoms with van der Waals surface area (Å²) in [4.78, 5) is 14.5. The first-order chi connectivity index (χ1) is 9.92. The molecule has 0 radical (unpaired) electrons. The molecule has 21 heavy (non-hydrogen) atoms. The Morgan fingerprint density at radius 1 is 1.14 bits per heavy atom. The minimum Gasteiger partial charge on any atom is -0.488 e. The number of ether oxygens (including phenoxy) is 1. The van der Waals surface area contributed by atoms with Crippen LogP contribution < -0.4 is 4.74 Å². The molecule has 3 saturated heterocycles. The molecule has 0 saturated carbocycles. The Labute approximate surface area is 126 Å². The maximum Gasteiger partial charge on any atom is 0.182 e. The number of ketones is 1. The van der Waals surface area contributed by atoms with E-state index < -0.39 is 0 Å². The van der Waals surface area contributed by atoms with E-state index in [9.17, 15) is 4.79 Å². The number of piperidine rings is 3. The molecule has 1 aromatic rings. The number of fused-ring (bicyclic) bond motifs is 3. The maximum absolute atomic E-state index is 12.3. The van der Waals surface area contributed by atoms with Gasteiger partial charge in [-0.15, -0.1) is 0 Å². The van der Waals surface area contributed by atoms with Crippen LogP contribution in [0.4, 0.5) is 0 Å². The van der Waals surface area contributed by atoms with E-state index in [1.807, 2.05) is 51.1 Å². The second-order valence-corrected chi connectivity index (χ2v) is 6.94. The van der Waals surface area contributed by atoms with E-state index in [-0.39, 0.29) is 11.5 Å². The molecule has 0 spiro atoms. The summed E-state index contributed by atoms with van der Waals surface area (Å²) in [5.41, 5.74) is 1.76. The summed E-state index contributed by atoms with van der Waals surface area (Å²) < 4.78 is 5.82. The second-order valence-electron chi connectivity index (χ2n) is 6.94. The van der Waals surface area contributed by atoms with Gasteiger partial charge in [0.2, 0.25) is 0 Å². The molecule has 0 unspecified atom stereocenters. The summed E-state index contributed by atoms with van der Waals surface area (Å²) >= 11 is 0. The molecule has 3 heteroatoms. The average Bonchev–Trinajstić information content (AvgIpc) is 2.43. The molecule has 3 nitrogen and oxygen atoms in total. The summed E-state index contributed by atoms with van der Waals surface area (Å²) in [7, 11) is 0. The number of benzene rings is 1. The van der Waals surface area contributed by atoms with Crippen LogP contribution in [0.25, 0.3) is 6.08 Å². The number of hydrogen-bond donors (Lipinski definition) is 0. The first kappa shape index (κ1) is 14.2. The minimum atomic E-state index is -0.190. The van der Waals surface area contributed by atoms with E-state index in [0.717, 1.165) is 42.9 Å². The molecule has 3 aliphatic rings. The Hall–Kier alpha value is -1.77. The monoisotopic (exact) mass is 285 g/mol. The van der Waals surface area contributed by atoms with Crippen molar-refractivity contribution in [3.05, 3.63) is 35.5 Å². The Bertz CT molecular complexity index is 558. The van der Waals surface area contributed by atoms with Gasteiger partial charge in [0.25, 0.3) is 0 Å². The normalized spacial score (nSPS) is 21.2. The molecule has 3 fully saturated rings. The second kappa shape index (κ2) is 5.21. The molecule has 112 valence electrons. The van der Waals surface area contributed by atoms with E-state index >= 15 is 0 Å². The molecular weight excluding hydrogens is 262 g/mol. The molecule has 0 atom stereocenters. The van der Waals surface area contributed by atoms with Crippen molar-refractivity contribution in [2.75, 3.05) is 13.1 Å². The highest BCUT2D eigenvalue weighted by molar-refractivity contribution is 6.01. The van der Waals surface area contributed by atoms with E-state index in [4.69, 9.17) is 4.74 Å². The first-order valence-corrected chi connectivity index (χ1v) is 7.72. The van der Waals surface area contributed by atoms with E-state index in [0.29, 0.717) is 5.78 Å². The topological polar surface area (TPSA) is 29.5 Å². The molecule has 0 amide bonds. The molecule has 3 aliphatic heterocycles. The fourth-order valence-corrected chi connectivity index (χ4v) is 3.05. The highest BCUT2D eigenvalue weighted by atomic mass is 16.5. The van der Waals surface area contributed by atoms with Gasteiger partial charge in [0, 0.05) is 19.0 Å². The number of hydrogen-bond acceptors (Lipinski definition) is 3. The van der Waals surface area contributed by atoms with E-state index in [1.165, 1.54) is 0 Å². The lowest BCUT2D eigenvalue weighted by atomic mass is 9.84. The van der Waals surface area contributed by atoms with Gasteiger partial charge < -0.3 is 9.64 Å². The predicted octanol–water partition coefficient (Wildman–Crippen LogP) is 3.50. The van der Waals surface area contributed by atoms with Crippen molar-refractivity contribution in [3.63, 3.8) is 0 Å². The molecule has 2 bridgehead atoms. The SMILES string of the molecule is CC(C)(C)Oc1ccc(C=C2C(=O)C3CCN2CC3)cc1. The van der Waals surface area contributed by atoms with Crippen molar-refractivity contribution >= 4 is 11.9 Å². The van der Waals surface area contributed by atoms with Gasteiger partial charge in [-0.3, -0.25) is 4.79 Å². The summed E-state index contributed by atoms with van der Waals surface area (Å²) in [5, 5.41) is 0.